The molecule has 0 radical (unpaired) electrons. The second kappa shape index (κ2) is 27.5. The van der Waals surface area contributed by atoms with E-state index in [-0.39, 0.29) is 12.5 Å². The average molecular weight is 640 g/mol. The summed E-state index contributed by atoms with van der Waals surface area (Å²) < 4.78 is 11.1. The first-order chi connectivity index (χ1) is 21.8. The molecular weight excluding hydrogens is 574 g/mol. The maximum absolute atomic E-state index is 12.8. The molecule has 7 atom stereocenters. The van der Waals surface area contributed by atoms with Crippen molar-refractivity contribution in [3.05, 3.63) is 36.5 Å². The lowest BCUT2D eigenvalue weighted by molar-refractivity contribution is -0.302. The van der Waals surface area contributed by atoms with E-state index in [0.29, 0.717) is 6.42 Å². The van der Waals surface area contributed by atoms with Crippen LogP contribution in [0.2, 0.25) is 0 Å². The van der Waals surface area contributed by atoms with Crippen LogP contribution in [0.1, 0.15) is 129 Å². The summed E-state index contributed by atoms with van der Waals surface area (Å²) in [6.45, 7) is 3.62. The number of unbranched alkanes of at least 4 members (excludes halogenated alkanes) is 13. The molecule has 6 N–H and O–H groups in total. The SMILES string of the molecule is CCCC/C=C/CC/C=C/C(O)C(COC1OC(CO)C(O)C(O)C1O)NC(=O)CCCCCCC/C=C\CCCCCCC. The summed E-state index contributed by atoms with van der Waals surface area (Å²) in [6, 6.07) is -0.820. The van der Waals surface area contributed by atoms with E-state index in [9.17, 15) is 30.3 Å². The van der Waals surface area contributed by atoms with Crippen molar-refractivity contribution in [2.75, 3.05) is 13.2 Å². The molecule has 1 aliphatic heterocycles. The Balaban J connectivity index is 2.48. The Morgan fingerprint density at radius 2 is 1.29 bits per heavy atom. The van der Waals surface area contributed by atoms with Gasteiger partial charge >= 0.3 is 0 Å². The first-order valence-corrected chi connectivity index (χ1v) is 17.7. The van der Waals surface area contributed by atoms with E-state index in [1.54, 1.807) is 6.08 Å². The predicted molar refractivity (Wildman–Crippen MR) is 180 cm³/mol. The van der Waals surface area contributed by atoms with E-state index >= 15 is 0 Å². The Kier molecular flexibility index (Phi) is 25.3. The van der Waals surface area contributed by atoms with E-state index in [2.05, 4.69) is 43.5 Å². The third-order valence-corrected chi connectivity index (χ3v) is 8.19. The van der Waals surface area contributed by atoms with Gasteiger partial charge in [-0.15, -0.1) is 0 Å². The van der Waals surface area contributed by atoms with Crippen molar-refractivity contribution in [3.63, 3.8) is 0 Å². The number of hydrogen-bond donors (Lipinski definition) is 6. The molecule has 1 saturated heterocycles. The summed E-state index contributed by atoms with van der Waals surface area (Å²) >= 11 is 0. The fourth-order valence-corrected chi connectivity index (χ4v) is 5.21. The van der Waals surface area contributed by atoms with Gasteiger partial charge in [0.1, 0.15) is 24.4 Å². The summed E-state index contributed by atoms with van der Waals surface area (Å²) in [5, 5.41) is 53.6. The second-order valence-corrected chi connectivity index (χ2v) is 12.3. The molecule has 0 saturated carbocycles. The monoisotopic (exact) mass is 639 g/mol. The number of allylic oxidation sites excluding steroid dienone is 5. The molecule has 9 nitrogen and oxygen atoms in total. The Morgan fingerprint density at radius 1 is 0.733 bits per heavy atom. The van der Waals surface area contributed by atoms with Crippen LogP contribution in [-0.4, -0.2) is 87.5 Å². The van der Waals surface area contributed by atoms with Crippen LogP contribution in [0.25, 0.3) is 0 Å². The number of aliphatic hydroxyl groups is 5. The van der Waals surface area contributed by atoms with E-state index in [4.69, 9.17) is 9.47 Å². The third kappa shape index (κ3) is 19.6. The van der Waals surface area contributed by atoms with Gasteiger partial charge in [-0.3, -0.25) is 4.79 Å². The van der Waals surface area contributed by atoms with Gasteiger partial charge in [0.05, 0.1) is 25.4 Å². The van der Waals surface area contributed by atoms with Gasteiger partial charge in [-0.05, 0) is 51.4 Å². The first-order valence-electron chi connectivity index (χ1n) is 17.7. The van der Waals surface area contributed by atoms with Crippen LogP contribution in [0.5, 0.6) is 0 Å². The summed E-state index contributed by atoms with van der Waals surface area (Å²) in [4.78, 5) is 12.8. The highest BCUT2D eigenvalue weighted by Gasteiger charge is 2.44. The fraction of sp³-hybridized carbons (Fsp3) is 0.806. The van der Waals surface area contributed by atoms with Gasteiger partial charge in [0.2, 0.25) is 5.91 Å². The Morgan fingerprint density at radius 3 is 1.93 bits per heavy atom. The number of carbonyl (C=O) groups is 1. The van der Waals surface area contributed by atoms with Crippen molar-refractivity contribution in [3.8, 4) is 0 Å². The molecule has 0 bridgehead atoms. The predicted octanol–water partition coefficient (Wildman–Crippen LogP) is 5.38. The van der Waals surface area contributed by atoms with Crippen LogP contribution >= 0.6 is 0 Å². The van der Waals surface area contributed by atoms with Crippen LogP contribution in [0.4, 0.5) is 0 Å². The molecule has 0 aliphatic carbocycles. The molecule has 262 valence electrons. The molecular formula is C36H65NO8. The largest absolute Gasteiger partial charge is 0.394 e. The highest BCUT2D eigenvalue weighted by atomic mass is 16.7. The van der Waals surface area contributed by atoms with Crippen molar-refractivity contribution in [1.82, 2.24) is 5.32 Å². The zero-order valence-corrected chi connectivity index (χ0v) is 28.1. The highest BCUT2D eigenvalue weighted by molar-refractivity contribution is 5.76. The van der Waals surface area contributed by atoms with Crippen LogP contribution in [0.15, 0.2) is 36.5 Å². The fourth-order valence-electron chi connectivity index (χ4n) is 5.21. The molecule has 1 fully saturated rings. The van der Waals surface area contributed by atoms with Crippen LogP contribution in [-0.2, 0) is 14.3 Å². The van der Waals surface area contributed by atoms with E-state index in [1.807, 2.05) is 6.08 Å². The van der Waals surface area contributed by atoms with E-state index < -0.39 is 49.5 Å². The lowest BCUT2D eigenvalue weighted by Crippen LogP contribution is -2.60. The minimum atomic E-state index is -1.57. The second-order valence-electron chi connectivity index (χ2n) is 12.3. The molecule has 0 aromatic carbocycles. The Hall–Kier alpha value is -1.59. The number of hydrogen-bond acceptors (Lipinski definition) is 8. The lowest BCUT2D eigenvalue weighted by Gasteiger charge is -2.40. The zero-order chi connectivity index (χ0) is 33.1. The number of rotatable bonds is 27. The molecule has 1 aliphatic rings. The molecule has 0 aromatic heterocycles. The van der Waals surface area contributed by atoms with Gasteiger partial charge in [-0.1, -0.05) is 108 Å². The highest BCUT2D eigenvalue weighted by Crippen LogP contribution is 2.22. The quantitative estimate of drug-likeness (QED) is 0.0519. The van der Waals surface area contributed by atoms with Gasteiger partial charge in [-0.2, -0.15) is 0 Å². The van der Waals surface area contributed by atoms with E-state index in [1.165, 1.54) is 38.5 Å². The molecule has 1 amide bonds. The molecule has 0 aromatic rings. The van der Waals surface area contributed by atoms with Gasteiger partial charge in [0.25, 0.3) is 0 Å². The van der Waals surface area contributed by atoms with Gasteiger partial charge < -0.3 is 40.3 Å². The van der Waals surface area contributed by atoms with E-state index in [0.717, 1.165) is 70.6 Å². The smallest absolute Gasteiger partial charge is 0.220 e. The Bertz CT molecular complexity index is 802. The van der Waals surface area contributed by atoms with Crippen molar-refractivity contribution in [2.45, 2.75) is 172 Å². The minimum Gasteiger partial charge on any atom is -0.394 e. The molecule has 1 heterocycles. The van der Waals surface area contributed by atoms with Crippen LogP contribution in [0.3, 0.4) is 0 Å². The van der Waals surface area contributed by atoms with Crippen LogP contribution in [0, 0.1) is 0 Å². The normalized spacial score (nSPS) is 23.8. The average Bonchev–Trinajstić information content (AvgIpc) is 3.04. The first kappa shape index (κ1) is 41.4. The minimum absolute atomic E-state index is 0.203. The van der Waals surface area contributed by atoms with Gasteiger partial charge in [0.15, 0.2) is 6.29 Å². The molecule has 7 unspecified atom stereocenters. The zero-order valence-electron chi connectivity index (χ0n) is 28.1. The van der Waals surface area contributed by atoms with Crippen molar-refractivity contribution in [1.29, 1.82) is 0 Å². The maximum Gasteiger partial charge on any atom is 0.220 e. The number of nitrogens with one attached hydrogen (secondary N) is 1. The standard InChI is InChI=1S/C36H65NO8/c1-3-5-7-9-11-13-14-15-16-17-18-20-22-24-26-32(40)37-29(30(39)25-23-21-19-12-10-8-6-4-2)28-44-36-35(43)34(42)33(41)31(27-38)45-36/h10,12,14-15,23,25,29-31,33-36,38-39,41-43H,3-9,11,13,16-22,24,26-28H2,1-2H3,(H,37,40)/b12-10+,15-14-,25-23+. The molecule has 0 spiro atoms. The summed E-state index contributed by atoms with van der Waals surface area (Å²) in [6.07, 6.45) is 23.5. The Labute approximate surface area is 272 Å². The van der Waals surface area contributed by atoms with Gasteiger partial charge in [-0.25, -0.2) is 0 Å². The number of amides is 1. The lowest BCUT2D eigenvalue weighted by atomic mass is 9.99. The molecule has 1 rings (SSSR count). The maximum atomic E-state index is 12.8. The number of ether oxygens (including phenoxy) is 2. The summed E-state index contributed by atoms with van der Waals surface area (Å²) in [7, 11) is 0. The van der Waals surface area contributed by atoms with Gasteiger partial charge in [0, 0.05) is 6.42 Å². The topological polar surface area (TPSA) is 149 Å². The third-order valence-electron chi connectivity index (χ3n) is 8.19. The number of carbonyl (C=O) groups excluding carboxylic acids is 1. The molecule has 45 heavy (non-hydrogen) atoms. The summed E-state index contributed by atoms with van der Waals surface area (Å²) in [5.41, 5.74) is 0. The summed E-state index contributed by atoms with van der Waals surface area (Å²) in [5.74, 6) is -0.203. The molecule has 9 heteroatoms. The van der Waals surface area contributed by atoms with Crippen molar-refractivity contribution < 1.29 is 39.8 Å². The van der Waals surface area contributed by atoms with Crippen LogP contribution < -0.4 is 5.32 Å². The number of aliphatic hydroxyl groups excluding tert-OH is 5. The van der Waals surface area contributed by atoms with Crippen molar-refractivity contribution >= 4 is 5.91 Å². The van der Waals surface area contributed by atoms with Crippen molar-refractivity contribution in [2.24, 2.45) is 0 Å².